The third-order valence-corrected chi connectivity index (χ3v) is 13.3. The lowest BCUT2D eigenvalue weighted by molar-refractivity contribution is -0.138. The molecule has 6 aromatic carbocycles. The monoisotopic (exact) mass is 1040 g/mol. The van der Waals surface area contributed by atoms with Gasteiger partial charge in [-0.05, 0) is 108 Å². The molecule has 0 atom stereocenters. The third-order valence-electron chi connectivity index (χ3n) is 12.8. The summed E-state index contributed by atoms with van der Waals surface area (Å²) in [5.41, 5.74) is 13.0. The zero-order valence-corrected chi connectivity index (χ0v) is 41.0. The van der Waals surface area contributed by atoms with Crippen molar-refractivity contribution in [1.29, 1.82) is 0 Å². The van der Waals surface area contributed by atoms with Crippen molar-refractivity contribution < 1.29 is 35.8 Å². The van der Waals surface area contributed by atoms with Gasteiger partial charge in [-0.25, -0.2) is 0 Å². The van der Waals surface area contributed by atoms with Gasteiger partial charge in [-0.3, -0.25) is 9.80 Å². The summed E-state index contributed by atoms with van der Waals surface area (Å²) in [5.74, 6) is 0. The Hall–Kier alpha value is -5.90. The van der Waals surface area contributed by atoms with Crippen molar-refractivity contribution in [2.45, 2.75) is 44.7 Å². The quantitative estimate of drug-likeness (QED) is 0.0976. The second-order valence-corrected chi connectivity index (χ2v) is 18.7. The molecule has 2 saturated heterocycles. The molecule has 10 rings (SSSR count). The molecule has 4 heterocycles. The van der Waals surface area contributed by atoms with Gasteiger partial charge in [0.2, 0.25) is 0 Å². The molecule has 2 aliphatic rings. The number of nitrogens with zero attached hydrogens (tertiary/aromatic N) is 4. The first-order valence-corrected chi connectivity index (χ1v) is 24.8. The standard InChI is InChI=1S/C29H29F3N2O.C21H23BrN2O.C7H6F3N/c30-29(31,32)26-9-4-6-22(20-26)18-23-10-11-27-25(19-23)21-28(24-7-2-1-3-8-24)34(27)13-5-12-33-14-16-35-17-15-33;22-19-7-8-20-18(15-19)16-21(17-5-2-1-3-6-17)24(20)10-4-9-23-11-13-25-14-12-23;8-7(9,10)5-2-1-3-6(11)4-5/h1-4,6-11,19-21H,5,12-18H2;1-3,5-8,15-16H,4,9-14H2;1-4H,11H2. The van der Waals surface area contributed by atoms with Gasteiger partial charge in [0.25, 0.3) is 0 Å². The summed E-state index contributed by atoms with van der Waals surface area (Å²) in [6.45, 7) is 11.5. The summed E-state index contributed by atoms with van der Waals surface area (Å²) >= 11 is 3.60. The highest BCUT2D eigenvalue weighted by atomic mass is 79.9. The second-order valence-electron chi connectivity index (χ2n) is 17.8. The van der Waals surface area contributed by atoms with Crippen LogP contribution in [0.5, 0.6) is 0 Å². The van der Waals surface area contributed by atoms with Crippen molar-refractivity contribution in [3.05, 3.63) is 184 Å². The largest absolute Gasteiger partial charge is 0.416 e. The van der Waals surface area contributed by atoms with Crippen molar-refractivity contribution in [3.63, 3.8) is 0 Å². The van der Waals surface area contributed by atoms with E-state index in [1.165, 1.54) is 52.1 Å². The highest BCUT2D eigenvalue weighted by molar-refractivity contribution is 9.10. The van der Waals surface area contributed by atoms with Crippen LogP contribution in [-0.4, -0.2) is 84.6 Å². The van der Waals surface area contributed by atoms with Crippen LogP contribution in [0, 0.1) is 0 Å². The van der Waals surface area contributed by atoms with Gasteiger partial charge in [0.15, 0.2) is 0 Å². The Morgan fingerprint density at radius 3 is 1.42 bits per heavy atom. The number of nitrogens with two attached hydrogens (primary N) is 1. The number of alkyl halides is 6. The van der Waals surface area contributed by atoms with E-state index in [-0.39, 0.29) is 5.69 Å². The number of nitrogen functional groups attached to an aromatic ring is 1. The normalized spacial score (nSPS) is 14.7. The summed E-state index contributed by atoms with van der Waals surface area (Å²) < 4.78 is 92.0. The summed E-state index contributed by atoms with van der Waals surface area (Å²) in [7, 11) is 0. The highest BCUT2D eigenvalue weighted by Crippen LogP contribution is 2.34. The molecule has 2 aromatic heterocycles. The van der Waals surface area contributed by atoms with Crippen LogP contribution in [-0.2, 0) is 41.3 Å². The first-order chi connectivity index (χ1) is 34.3. The van der Waals surface area contributed by atoms with E-state index in [1.54, 1.807) is 6.07 Å². The fraction of sp³-hybridized carbons (Fsp3) is 0.298. The summed E-state index contributed by atoms with van der Waals surface area (Å²) in [4.78, 5) is 4.96. The highest BCUT2D eigenvalue weighted by Gasteiger charge is 2.31. The van der Waals surface area contributed by atoms with Crippen molar-refractivity contribution >= 4 is 43.4 Å². The average molecular weight is 1040 g/mol. The zero-order chi connectivity index (χ0) is 49.8. The molecule has 2 fully saturated rings. The lowest BCUT2D eigenvalue weighted by Gasteiger charge is -2.26. The van der Waals surface area contributed by atoms with Crippen LogP contribution in [0.3, 0.4) is 0 Å². The van der Waals surface area contributed by atoms with Crippen LogP contribution in [0.2, 0.25) is 0 Å². The van der Waals surface area contributed by atoms with Gasteiger partial charge in [-0.2, -0.15) is 26.3 Å². The lowest BCUT2D eigenvalue weighted by Crippen LogP contribution is -2.37. The number of fused-ring (bicyclic) bond motifs is 2. The molecule has 0 unspecified atom stereocenters. The van der Waals surface area contributed by atoms with Gasteiger partial charge in [-0.1, -0.05) is 107 Å². The Morgan fingerprint density at radius 2 is 0.930 bits per heavy atom. The van der Waals surface area contributed by atoms with E-state index < -0.39 is 23.5 Å². The predicted octanol–water partition coefficient (Wildman–Crippen LogP) is 13.7. The Morgan fingerprint density at radius 1 is 0.465 bits per heavy atom. The SMILES string of the molecule is Brc1ccc2c(c1)cc(-c1ccccc1)n2CCCN1CCOCC1.FC(F)(F)c1cccc(Cc2ccc3c(c2)cc(-c2ccccc2)n3CCCN2CCOCC2)c1.Nc1cccc(C(F)(F)F)c1. The number of aromatic nitrogens is 2. The molecule has 372 valence electrons. The molecule has 0 amide bonds. The Labute approximate surface area is 419 Å². The number of benzene rings is 6. The van der Waals surface area contributed by atoms with E-state index in [0.717, 1.165) is 136 Å². The molecular formula is C57H58BrF6N5O2. The minimum absolute atomic E-state index is 0.125. The molecule has 8 aromatic rings. The van der Waals surface area contributed by atoms with Crippen LogP contribution in [0.4, 0.5) is 32.0 Å². The van der Waals surface area contributed by atoms with E-state index in [1.807, 2.05) is 24.3 Å². The molecule has 2 N–H and O–H groups in total. The fourth-order valence-electron chi connectivity index (χ4n) is 9.21. The van der Waals surface area contributed by atoms with Crippen LogP contribution < -0.4 is 5.73 Å². The maximum Gasteiger partial charge on any atom is 0.416 e. The maximum absolute atomic E-state index is 13.1. The zero-order valence-electron chi connectivity index (χ0n) is 39.4. The number of anilines is 1. The number of aryl methyl sites for hydroxylation is 2. The Balaban J connectivity index is 0.000000163. The van der Waals surface area contributed by atoms with E-state index in [2.05, 4.69) is 120 Å². The number of rotatable bonds is 12. The molecular weight excluding hydrogens is 981 g/mol. The molecule has 0 bridgehead atoms. The minimum Gasteiger partial charge on any atom is -0.399 e. The molecule has 14 heteroatoms. The van der Waals surface area contributed by atoms with Crippen LogP contribution >= 0.6 is 15.9 Å². The molecule has 71 heavy (non-hydrogen) atoms. The van der Waals surface area contributed by atoms with Gasteiger partial charge in [0.1, 0.15) is 0 Å². The first-order valence-electron chi connectivity index (χ1n) is 24.0. The Bertz CT molecular complexity index is 2940. The molecule has 0 spiro atoms. The van der Waals surface area contributed by atoms with Gasteiger partial charge in [0, 0.05) is 95.7 Å². The second kappa shape index (κ2) is 24.0. The third kappa shape index (κ3) is 14.2. The molecule has 0 aliphatic carbocycles. The van der Waals surface area contributed by atoms with Crippen LogP contribution in [0.1, 0.15) is 35.1 Å². The summed E-state index contributed by atoms with van der Waals surface area (Å²) in [5, 5.41) is 2.40. The van der Waals surface area contributed by atoms with Gasteiger partial charge >= 0.3 is 12.4 Å². The smallest absolute Gasteiger partial charge is 0.399 e. The van der Waals surface area contributed by atoms with Gasteiger partial charge in [0.05, 0.1) is 37.6 Å². The number of ether oxygens (including phenoxy) is 2. The van der Waals surface area contributed by atoms with E-state index >= 15 is 0 Å². The summed E-state index contributed by atoms with van der Waals surface area (Å²) in [6.07, 6.45) is -5.98. The number of halogens is 7. The van der Waals surface area contributed by atoms with E-state index in [4.69, 9.17) is 15.2 Å². The van der Waals surface area contributed by atoms with Crippen molar-refractivity contribution in [2.75, 3.05) is 71.4 Å². The minimum atomic E-state index is -4.33. The molecule has 0 radical (unpaired) electrons. The van der Waals surface area contributed by atoms with Gasteiger partial charge in [-0.15, -0.1) is 0 Å². The van der Waals surface area contributed by atoms with Crippen molar-refractivity contribution in [1.82, 2.24) is 18.9 Å². The van der Waals surface area contributed by atoms with Gasteiger partial charge < -0.3 is 24.3 Å². The van der Waals surface area contributed by atoms with Crippen LogP contribution in [0.25, 0.3) is 44.3 Å². The maximum atomic E-state index is 13.1. The van der Waals surface area contributed by atoms with Crippen LogP contribution in [0.15, 0.2) is 162 Å². The van der Waals surface area contributed by atoms with E-state index in [0.29, 0.717) is 12.0 Å². The average Bonchev–Trinajstić information content (AvgIpc) is 3.92. The predicted molar refractivity (Wildman–Crippen MR) is 276 cm³/mol. The Kier molecular flexibility index (Phi) is 17.4. The number of hydrogen-bond acceptors (Lipinski definition) is 5. The van der Waals surface area contributed by atoms with Crippen molar-refractivity contribution in [3.8, 4) is 22.5 Å². The molecule has 2 aliphatic heterocycles. The summed E-state index contributed by atoms with van der Waals surface area (Å²) in [6, 6.07) is 48.6. The number of hydrogen-bond donors (Lipinski definition) is 1. The molecule has 0 saturated carbocycles. The van der Waals surface area contributed by atoms with Crippen molar-refractivity contribution in [2.24, 2.45) is 0 Å². The fourth-order valence-corrected chi connectivity index (χ4v) is 9.59. The lowest BCUT2D eigenvalue weighted by atomic mass is 10.0. The topological polar surface area (TPSA) is 60.8 Å². The van der Waals surface area contributed by atoms with E-state index in [9.17, 15) is 26.3 Å². The first kappa shape index (κ1) is 51.5. The molecule has 7 nitrogen and oxygen atoms in total. The number of morpholine rings is 2.